The van der Waals surface area contributed by atoms with Crippen molar-refractivity contribution < 1.29 is 9.32 Å². The van der Waals surface area contributed by atoms with E-state index in [0.29, 0.717) is 12.2 Å². The normalized spacial score (nSPS) is 12.1. The van der Waals surface area contributed by atoms with Crippen LogP contribution < -0.4 is 5.32 Å². The third-order valence-corrected chi connectivity index (χ3v) is 3.83. The summed E-state index contributed by atoms with van der Waals surface area (Å²) in [7, 11) is 0. The number of aromatic nitrogens is 3. The number of rotatable bonds is 5. The largest absolute Gasteiger partial charge is 0.356 e. The lowest BCUT2D eigenvalue weighted by atomic mass is 10.1. The summed E-state index contributed by atoms with van der Waals surface area (Å²) in [5.74, 6) is 0.661. The zero-order valence-electron chi connectivity index (χ0n) is 14.0. The number of amides is 1. The van der Waals surface area contributed by atoms with E-state index in [9.17, 15) is 4.79 Å². The smallest absolute Gasteiger partial charge is 0.226 e. The molecule has 0 fully saturated rings. The van der Waals surface area contributed by atoms with Crippen LogP contribution in [0, 0.1) is 13.8 Å². The molecule has 24 heavy (non-hydrogen) atoms. The number of aryl methyl sites for hydroxylation is 2. The number of carbonyl (C=O) groups is 1. The van der Waals surface area contributed by atoms with Crippen molar-refractivity contribution in [3.63, 3.8) is 0 Å². The molecule has 124 valence electrons. The fourth-order valence-electron chi connectivity index (χ4n) is 2.74. The van der Waals surface area contributed by atoms with E-state index < -0.39 is 0 Å². The van der Waals surface area contributed by atoms with Gasteiger partial charge in [-0.2, -0.15) is 5.10 Å². The molecule has 0 aliphatic carbocycles. The van der Waals surface area contributed by atoms with Crippen LogP contribution in [0.4, 0.5) is 5.69 Å². The Morgan fingerprint density at radius 2 is 2.00 bits per heavy atom. The Morgan fingerprint density at radius 3 is 2.58 bits per heavy atom. The minimum absolute atomic E-state index is 0.00664. The predicted molar refractivity (Wildman–Crippen MR) is 91.6 cm³/mol. The van der Waals surface area contributed by atoms with E-state index in [0.717, 1.165) is 22.6 Å². The summed E-state index contributed by atoms with van der Waals surface area (Å²) in [6.07, 6.45) is 1.97. The number of anilines is 1. The van der Waals surface area contributed by atoms with Gasteiger partial charge in [-0.25, -0.2) is 0 Å². The highest BCUT2D eigenvalue weighted by atomic mass is 16.5. The molecule has 0 aliphatic rings. The fourth-order valence-corrected chi connectivity index (χ4v) is 2.74. The molecule has 1 atom stereocenters. The molecule has 0 bridgehead atoms. The van der Waals surface area contributed by atoms with Gasteiger partial charge >= 0.3 is 0 Å². The van der Waals surface area contributed by atoms with E-state index in [1.54, 1.807) is 12.3 Å². The molecule has 2 aromatic heterocycles. The Kier molecular flexibility index (Phi) is 4.46. The molecule has 2 heterocycles. The van der Waals surface area contributed by atoms with Gasteiger partial charge in [0.2, 0.25) is 5.91 Å². The number of nitrogens with one attached hydrogen (secondary N) is 1. The fraction of sp³-hybridized carbons (Fsp3) is 0.278. The Hall–Kier alpha value is -2.89. The van der Waals surface area contributed by atoms with E-state index in [-0.39, 0.29) is 11.9 Å². The van der Waals surface area contributed by atoms with Crippen molar-refractivity contribution in [1.29, 1.82) is 0 Å². The van der Waals surface area contributed by atoms with Crippen molar-refractivity contribution in [3.05, 3.63) is 54.0 Å². The molecule has 0 saturated heterocycles. The maximum Gasteiger partial charge on any atom is 0.226 e. The molecule has 3 rings (SSSR count). The summed E-state index contributed by atoms with van der Waals surface area (Å²) >= 11 is 0. The molecule has 3 aromatic rings. The van der Waals surface area contributed by atoms with Gasteiger partial charge < -0.3 is 9.84 Å². The zero-order valence-corrected chi connectivity index (χ0v) is 14.0. The quantitative estimate of drug-likeness (QED) is 0.776. The van der Waals surface area contributed by atoms with Crippen LogP contribution in [0.3, 0.4) is 0 Å². The summed E-state index contributed by atoms with van der Waals surface area (Å²) < 4.78 is 7.00. The van der Waals surface area contributed by atoms with Gasteiger partial charge in [-0.1, -0.05) is 5.16 Å². The average molecular weight is 324 g/mol. The van der Waals surface area contributed by atoms with Crippen molar-refractivity contribution in [2.45, 2.75) is 33.2 Å². The topological polar surface area (TPSA) is 73.0 Å². The molecule has 0 saturated carbocycles. The molecule has 0 radical (unpaired) electrons. The minimum atomic E-state index is -0.0394. The molecule has 1 amide bonds. The average Bonchev–Trinajstić information content (AvgIpc) is 3.17. The van der Waals surface area contributed by atoms with Crippen molar-refractivity contribution in [2.75, 3.05) is 5.32 Å². The van der Waals surface area contributed by atoms with Crippen LogP contribution in [0.1, 0.15) is 30.8 Å². The van der Waals surface area contributed by atoms with Crippen LogP contribution in [0.25, 0.3) is 11.3 Å². The molecule has 1 N–H and O–H groups in total. The van der Waals surface area contributed by atoms with Crippen LogP contribution in [-0.2, 0) is 4.79 Å². The predicted octanol–water partition coefficient (Wildman–Crippen LogP) is 3.74. The van der Waals surface area contributed by atoms with Crippen LogP contribution in [0.5, 0.6) is 0 Å². The number of nitrogens with zero attached hydrogens (tertiary/aromatic N) is 3. The maximum atomic E-state index is 12.2. The number of benzene rings is 1. The first kappa shape index (κ1) is 16.0. The third-order valence-electron chi connectivity index (χ3n) is 3.83. The molecule has 6 nitrogen and oxygen atoms in total. The second-order valence-electron chi connectivity index (χ2n) is 5.93. The van der Waals surface area contributed by atoms with Gasteiger partial charge in [0.05, 0.1) is 17.9 Å². The third kappa shape index (κ3) is 3.53. The van der Waals surface area contributed by atoms with Crippen LogP contribution >= 0.6 is 0 Å². The Labute approximate surface area is 140 Å². The van der Waals surface area contributed by atoms with E-state index in [1.807, 2.05) is 55.8 Å². The lowest BCUT2D eigenvalue weighted by Crippen LogP contribution is -2.19. The van der Waals surface area contributed by atoms with Gasteiger partial charge in [0.15, 0.2) is 5.76 Å². The van der Waals surface area contributed by atoms with E-state index in [2.05, 4.69) is 15.6 Å². The van der Waals surface area contributed by atoms with Gasteiger partial charge in [0.1, 0.15) is 0 Å². The van der Waals surface area contributed by atoms with Crippen LogP contribution in [0.15, 0.2) is 47.1 Å². The molecule has 6 heteroatoms. The summed E-state index contributed by atoms with van der Waals surface area (Å²) in [4.78, 5) is 12.2. The van der Waals surface area contributed by atoms with Crippen molar-refractivity contribution in [1.82, 2.24) is 14.9 Å². The highest BCUT2D eigenvalue weighted by Gasteiger charge is 2.14. The summed E-state index contributed by atoms with van der Waals surface area (Å²) in [6, 6.07) is 11.3. The first-order valence-electron chi connectivity index (χ1n) is 7.86. The maximum absolute atomic E-state index is 12.2. The van der Waals surface area contributed by atoms with Crippen LogP contribution in [0.2, 0.25) is 0 Å². The highest BCUT2D eigenvalue weighted by Crippen LogP contribution is 2.21. The standard InChI is InChI=1S/C18H20N4O2/c1-12-10-13(2)22(21-12)14(3)11-18(23)20-16-6-4-15(5-7-16)17-8-9-19-24-17/h4-10,14H,11H2,1-3H3,(H,20,23)/t14-/m0/s1. The monoisotopic (exact) mass is 324 g/mol. The second kappa shape index (κ2) is 6.70. The summed E-state index contributed by atoms with van der Waals surface area (Å²) in [5, 5.41) is 11.0. The number of carbonyl (C=O) groups excluding carboxylic acids is 1. The highest BCUT2D eigenvalue weighted by molar-refractivity contribution is 5.91. The lowest BCUT2D eigenvalue weighted by molar-refractivity contribution is -0.116. The molecular weight excluding hydrogens is 304 g/mol. The number of hydrogen-bond acceptors (Lipinski definition) is 4. The number of hydrogen-bond donors (Lipinski definition) is 1. The molecule has 0 unspecified atom stereocenters. The van der Waals surface area contributed by atoms with E-state index >= 15 is 0 Å². The molecule has 1 aromatic carbocycles. The van der Waals surface area contributed by atoms with Crippen LogP contribution in [-0.4, -0.2) is 20.8 Å². The second-order valence-corrected chi connectivity index (χ2v) is 5.93. The minimum Gasteiger partial charge on any atom is -0.356 e. The zero-order chi connectivity index (χ0) is 17.1. The van der Waals surface area contributed by atoms with Gasteiger partial charge in [-0.3, -0.25) is 9.48 Å². The summed E-state index contributed by atoms with van der Waals surface area (Å²) in [6.45, 7) is 5.94. The van der Waals surface area contributed by atoms with Crippen molar-refractivity contribution in [3.8, 4) is 11.3 Å². The first-order chi connectivity index (χ1) is 11.5. The molecule has 0 aliphatic heterocycles. The van der Waals surface area contributed by atoms with E-state index in [4.69, 9.17) is 4.52 Å². The van der Waals surface area contributed by atoms with E-state index in [1.165, 1.54) is 0 Å². The SMILES string of the molecule is Cc1cc(C)n([C@@H](C)CC(=O)Nc2ccc(-c3ccno3)cc2)n1. The Balaban J connectivity index is 1.61. The Bertz CT molecular complexity index is 819. The Morgan fingerprint density at radius 1 is 1.25 bits per heavy atom. The lowest BCUT2D eigenvalue weighted by Gasteiger charge is -2.14. The van der Waals surface area contributed by atoms with Gasteiger partial charge in [-0.05, 0) is 51.1 Å². The van der Waals surface area contributed by atoms with Gasteiger partial charge in [0.25, 0.3) is 0 Å². The molecular formula is C18H20N4O2. The van der Waals surface area contributed by atoms with Gasteiger partial charge in [-0.15, -0.1) is 0 Å². The summed E-state index contributed by atoms with van der Waals surface area (Å²) in [5.41, 5.74) is 3.69. The van der Waals surface area contributed by atoms with Crippen molar-refractivity contribution >= 4 is 11.6 Å². The van der Waals surface area contributed by atoms with Crippen molar-refractivity contribution in [2.24, 2.45) is 0 Å². The van der Waals surface area contributed by atoms with Gasteiger partial charge in [0, 0.05) is 29.4 Å². The molecule has 0 spiro atoms. The first-order valence-corrected chi connectivity index (χ1v) is 7.86.